The van der Waals surface area contributed by atoms with Gasteiger partial charge in [-0.2, -0.15) is 0 Å². The Morgan fingerprint density at radius 1 is 1.14 bits per heavy atom. The van der Waals surface area contributed by atoms with Gasteiger partial charge in [-0.3, -0.25) is 4.79 Å². The molecule has 0 aliphatic rings. The van der Waals surface area contributed by atoms with Crippen molar-refractivity contribution in [2.24, 2.45) is 0 Å². The second kappa shape index (κ2) is 4.95. The van der Waals surface area contributed by atoms with Gasteiger partial charge in [0.1, 0.15) is 15.5 Å². The number of benzene rings is 1. The van der Waals surface area contributed by atoms with Crippen LogP contribution >= 0.6 is 11.3 Å². The van der Waals surface area contributed by atoms with E-state index in [-0.39, 0.29) is 5.91 Å². The lowest BCUT2D eigenvalue weighted by Gasteiger charge is -2.04. The summed E-state index contributed by atoms with van der Waals surface area (Å²) in [6.07, 6.45) is 0. The first kappa shape index (κ1) is 13.2. The first-order valence-electron chi connectivity index (χ1n) is 6.16. The minimum absolute atomic E-state index is 0.292. The molecule has 2 aromatic heterocycles. The molecule has 21 heavy (non-hydrogen) atoms. The average Bonchev–Trinajstić information content (AvgIpc) is 2.77. The minimum Gasteiger partial charge on any atom is -0.398 e. The van der Waals surface area contributed by atoms with Crippen molar-refractivity contribution in [1.82, 2.24) is 4.98 Å². The van der Waals surface area contributed by atoms with Crippen LogP contribution in [0.4, 0.5) is 22.9 Å². The van der Waals surface area contributed by atoms with Gasteiger partial charge >= 0.3 is 0 Å². The molecule has 0 saturated carbocycles. The number of nitrogens with two attached hydrogens (primary N) is 3. The SMILES string of the molecule is Nc1cc(N)c2c(N)c(C(=O)Nc3ccccc3)sc2n1. The van der Waals surface area contributed by atoms with Crippen molar-refractivity contribution in [2.75, 3.05) is 22.5 Å². The van der Waals surface area contributed by atoms with Crippen molar-refractivity contribution >= 4 is 50.3 Å². The van der Waals surface area contributed by atoms with E-state index in [1.54, 1.807) is 12.1 Å². The quantitative estimate of drug-likeness (QED) is 0.578. The highest BCUT2D eigenvalue weighted by molar-refractivity contribution is 7.21. The van der Waals surface area contributed by atoms with Crippen molar-refractivity contribution < 1.29 is 4.79 Å². The Morgan fingerprint density at radius 3 is 2.57 bits per heavy atom. The summed E-state index contributed by atoms with van der Waals surface area (Å²) in [5.74, 6) is 0.0101. The number of hydrogen-bond donors (Lipinski definition) is 4. The van der Waals surface area contributed by atoms with Crippen LogP contribution in [0.5, 0.6) is 0 Å². The molecule has 106 valence electrons. The summed E-state index contributed by atoms with van der Waals surface area (Å²) >= 11 is 1.17. The number of nitrogens with zero attached hydrogens (tertiary/aromatic N) is 1. The first-order chi connectivity index (χ1) is 10.1. The Labute approximate surface area is 124 Å². The molecular formula is C14H13N5OS. The summed E-state index contributed by atoms with van der Waals surface area (Å²) in [6.45, 7) is 0. The van der Waals surface area contributed by atoms with E-state index in [4.69, 9.17) is 17.2 Å². The summed E-state index contributed by atoms with van der Waals surface area (Å²) < 4.78 is 0. The molecule has 0 fully saturated rings. The molecule has 7 heteroatoms. The molecule has 1 amide bonds. The Bertz CT molecular complexity index is 828. The van der Waals surface area contributed by atoms with Gasteiger partial charge < -0.3 is 22.5 Å². The normalized spacial score (nSPS) is 10.7. The fourth-order valence-electron chi connectivity index (χ4n) is 2.05. The van der Waals surface area contributed by atoms with Gasteiger partial charge in [0.05, 0.1) is 11.1 Å². The Morgan fingerprint density at radius 2 is 1.86 bits per heavy atom. The molecule has 0 radical (unpaired) electrons. The number of fused-ring (bicyclic) bond motifs is 1. The van der Waals surface area contributed by atoms with Crippen molar-refractivity contribution in [2.45, 2.75) is 0 Å². The van der Waals surface area contributed by atoms with Gasteiger partial charge in [-0.25, -0.2) is 4.98 Å². The zero-order valence-electron chi connectivity index (χ0n) is 11.0. The standard InChI is InChI=1S/C14H13N5OS/c15-8-6-9(16)19-14-10(8)11(17)12(21-14)13(20)18-7-4-2-1-3-5-7/h1-6H,17H2,(H,18,20)(H4,15,16,19). The van der Waals surface area contributed by atoms with Crippen LogP contribution in [0.15, 0.2) is 36.4 Å². The van der Waals surface area contributed by atoms with Crippen molar-refractivity contribution in [1.29, 1.82) is 0 Å². The number of carbonyl (C=O) groups is 1. The van der Waals surface area contributed by atoms with Gasteiger partial charge in [-0.15, -0.1) is 11.3 Å². The maximum absolute atomic E-state index is 12.3. The third kappa shape index (κ3) is 2.34. The highest BCUT2D eigenvalue weighted by Crippen LogP contribution is 2.37. The van der Waals surface area contributed by atoms with E-state index in [1.165, 1.54) is 17.4 Å². The van der Waals surface area contributed by atoms with Crippen molar-refractivity contribution in [3.8, 4) is 0 Å². The molecule has 0 spiro atoms. The summed E-state index contributed by atoms with van der Waals surface area (Å²) in [5.41, 5.74) is 19.0. The number of carbonyl (C=O) groups excluding carboxylic acids is 1. The van der Waals surface area contributed by atoms with E-state index in [2.05, 4.69) is 10.3 Å². The van der Waals surface area contributed by atoms with Gasteiger partial charge in [0.25, 0.3) is 5.91 Å². The van der Waals surface area contributed by atoms with E-state index >= 15 is 0 Å². The average molecular weight is 299 g/mol. The Balaban J connectivity index is 2.03. The fourth-order valence-corrected chi connectivity index (χ4v) is 3.08. The molecule has 1 aromatic carbocycles. The predicted molar refractivity (Wildman–Crippen MR) is 87.3 cm³/mol. The van der Waals surface area contributed by atoms with E-state index < -0.39 is 0 Å². The lowest BCUT2D eigenvalue weighted by molar-refractivity contribution is 0.103. The number of para-hydroxylation sites is 1. The first-order valence-corrected chi connectivity index (χ1v) is 6.98. The summed E-state index contributed by atoms with van der Waals surface area (Å²) in [5, 5.41) is 3.36. The lowest BCUT2D eigenvalue weighted by Crippen LogP contribution is -2.11. The highest BCUT2D eigenvalue weighted by atomic mass is 32.1. The zero-order chi connectivity index (χ0) is 15.0. The van der Waals surface area contributed by atoms with Crippen molar-refractivity contribution in [3.63, 3.8) is 0 Å². The number of aromatic nitrogens is 1. The van der Waals surface area contributed by atoms with E-state index in [1.807, 2.05) is 18.2 Å². The second-order valence-electron chi connectivity index (χ2n) is 4.48. The molecule has 0 unspecified atom stereocenters. The topological polar surface area (TPSA) is 120 Å². The van der Waals surface area contributed by atoms with Crippen LogP contribution in [0, 0.1) is 0 Å². The van der Waals surface area contributed by atoms with Gasteiger partial charge in [-0.05, 0) is 12.1 Å². The molecule has 7 N–H and O–H groups in total. The number of nitrogens with one attached hydrogen (secondary N) is 1. The van der Waals surface area contributed by atoms with Crippen LogP contribution in [-0.4, -0.2) is 10.9 Å². The van der Waals surface area contributed by atoms with Gasteiger partial charge in [0.2, 0.25) is 0 Å². The van der Waals surface area contributed by atoms with Crippen LogP contribution in [0.25, 0.3) is 10.2 Å². The fraction of sp³-hybridized carbons (Fsp3) is 0. The molecule has 0 atom stereocenters. The van der Waals surface area contributed by atoms with Gasteiger partial charge in [-0.1, -0.05) is 18.2 Å². The number of hydrogen-bond acceptors (Lipinski definition) is 6. The number of pyridine rings is 1. The van der Waals surface area contributed by atoms with Gasteiger partial charge in [0, 0.05) is 17.4 Å². The molecule has 0 aliphatic carbocycles. The molecule has 3 aromatic rings. The number of anilines is 4. The lowest BCUT2D eigenvalue weighted by atomic mass is 10.2. The number of amides is 1. The van der Waals surface area contributed by atoms with Gasteiger partial charge in [0.15, 0.2) is 0 Å². The monoisotopic (exact) mass is 299 g/mol. The maximum Gasteiger partial charge on any atom is 0.267 e. The third-order valence-electron chi connectivity index (χ3n) is 2.99. The largest absolute Gasteiger partial charge is 0.398 e. The van der Waals surface area contributed by atoms with Crippen molar-refractivity contribution in [3.05, 3.63) is 41.3 Å². The van der Waals surface area contributed by atoms with Crippen LogP contribution in [0.3, 0.4) is 0 Å². The second-order valence-corrected chi connectivity index (χ2v) is 5.48. The smallest absolute Gasteiger partial charge is 0.267 e. The summed E-state index contributed by atoms with van der Waals surface area (Å²) in [4.78, 5) is 17.4. The van der Waals surface area contributed by atoms with E-state index in [0.29, 0.717) is 38.0 Å². The third-order valence-corrected chi connectivity index (χ3v) is 4.09. The number of rotatable bonds is 2. The van der Waals surface area contributed by atoms with Crippen LogP contribution in [-0.2, 0) is 0 Å². The Hall–Kier alpha value is -2.80. The van der Waals surface area contributed by atoms with E-state index in [0.717, 1.165) is 0 Å². The Kier molecular flexibility index (Phi) is 3.11. The molecule has 0 bridgehead atoms. The van der Waals surface area contributed by atoms with Crippen LogP contribution < -0.4 is 22.5 Å². The zero-order valence-corrected chi connectivity index (χ0v) is 11.8. The predicted octanol–water partition coefficient (Wildman–Crippen LogP) is 2.30. The number of nitrogen functional groups attached to an aromatic ring is 3. The summed E-state index contributed by atoms with van der Waals surface area (Å²) in [6, 6.07) is 10.7. The maximum atomic E-state index is 12.3. The molecular weight excluding hydrogens is 286 g/mol. The highest BCUT2D eigenvalue weighted by Gasteiger charge is 2.19. The molecule has 2 heterocycles. The minimum atomic E-state index is -0.292. The summed E-state index contributed by atoms with van der Waals surface area (Å²) in [7, 11) is 0. The van der Waals surface area contributed by atoms with Crippen LogP contribution in [0.2, 0.25) is 0 Å². The van der Waals surface area contributed by atoms with Crippen LogP contribution in [0.1, 0.15) is 9.67 Å². The molecule has 3 rings (SSSR count). The molecule has 0 saturated heterocycles. The molecule has 0 aliphatic heterocycles. The molecule has 6 nitrogen and oxygen atoms in total. The number of thiophene rings is 1. The van der Waals surface area contributed by atoms with E-state index in [9.17, 15) is 4.79 Å².